The highest BCUT2D eigenvalue weighted by Gasteiger charge is 2.25. The van der Waals surface area contributed by atoms with Crippen LogP contribution in [0.2, 0.25) is 0 Å². The molecule has 2 amide bonds. The normalized spacial score (nSPS) is 16.8. The topological polar surface area (TPSA) is 65.5 Å². The number of carbonyl (C=O) groups excluding carboxylic acids is 2. The third-order valence-corrected chi connectivity index (χ3v) is 4.52. The van der Waals surface area contributed by atoms with Gasteiger partial charge in [-0.1, -0.05) is 6.07 Å². The summed E-state index contributed by atoms with van der Waals surface area (Å²) in [5.41, 5.74) is 2.37. The minimum atomic E-state index is -0.0152. The Morgan fingerprint density at radius 3 is 2.67 bits per heavy atom. The number of nitrogens with one attached hydrogen (secondary N) is 1. The summed E-state index contributed by atoms with van der Waals surface area (Å²) in [5.74, 6) is 0.961. The molecule has 0 bridgehead atoms. The van der Waals surface area contributed by atoms with Crippen LogP contribution in [0.25, 0.3) is 0 Å². The predicted molar refractivity (Wildman–Crippen MR) is 91.1 cm³/mol. The fourth-order valence-corrected chi connectivity index (χ4v) is 3.22. The fourth-order valence-electron chi connectivity index (χ4n) is 3.22. The third kappa shape index (κ3) is 2.71. The van der Waals surface area contributed by atoms with Gasteiger partial charge in [0.25, 0.3) is 5.91 Å². The summed E-state index contributed by atoms with van der Waals surface area (Å²) in [5, 5.41) is 2.79. The van der Waals surface area contributed by atoms with E-state index in [1.54, 1.807) is 12.3 Å². The molecule has 6 heteroatoms. The number of anilines is 2. The molecule has 1 fully saturated rings. The molecule has 3 heterocycles. The van der Waals surface area contributed by atoms with Crippen molar-refractivity contribution in [2.45, 2.75) is 6.42 Å². The number of hydrogen-bond acceptors (Lipinski definition) is 4. The Hall–Kier alpha value is -2.89. The van der Waals surface area contributed by atoms with Gasteiger partial charge in [0.2, 0.25) is 5.91 Å². The first-order valence-corrected chi connectivity index (χ1v) is 8.09. The first-order chi connectivity index (χ1) is 11.7. The molecule has 0 aliphatic carbocycles. The van der Waals surface area contributed by atoms with E-state index in [4.69, 9.17) is 0 Å². The van der Waals surface area contributed by atoms with Crippen molar-refractivity contribution < 1.29 is 9.59 Å². The minimum Gasteiger partial charge on any atom is -0.353 e. The minimum absolute atomic E-state index is 0.0152. The first kappa shape index (κ1) is 14.7. The Morgan fingerprint density at radius 1 is 1.08 bits per heavy atom. The molecule has 0 atom stereocenters. The molecule has 2 aliphatic heterocycles. The Balaban J connectivity index is 1.43. The lowest BCUT2D eigenvalue weighted by molar-refractivity contribution is -0.115. The summed E-state index contributed by atoms with van der Waals surface area (Å²) >= 11 is 0. The predicted octanol–water partition coefficient (Wildman–Crippen LogP) is 1.54. The second kappa shape index (κ2) is 5.96. The van der Waals surface area contributed by atoms with Crippen LogP contribution in [0.15, 0.2) is 42.6 Å². The Labute approximate surface area is 140 Å². The van der Waals surface area contributed by atoms with Crippen LogP contribution in [0.1, 0.15) is 15.9 Å². The smallest absolute Gasteiger partial charge is 0.253 e. The maximum absolute atomic E-state index is 12.7. The number of carbonyl (C=O) groups is 2. The largest absolute Gasteiger partial charge is 0.353 e. The molecular weight excluding hydrogens is 304 g/mol. The molecule has 1 saturated heterocycles. The van der Waals surface area contributed by atoms with Crippen molar-refractivity contribution in [2.24, 2.45) is 0 Å². The van der Waals surface area contributed by atoms with Crippen molar-refractivity contribution in [3.05, 3.63) is 53.7 Å². The van der Waals surface area contributed by atoms with Gasteiger partial charge in [0.05, 0.1) is 6.42 Å². The van der Waals surface area contributed by atoms with Gasteiger partial charge < -0.3 is 15.1 Å². The number of aromatic nitrogens is 1. The molecule has 122 valence electrons. The van der Waals surface area contributed by atoms with Crippen LogP contribution in [0.5, 0.6) is 0 Å². The summed E-state index contributed by atoms with van der Waals surface area (Å²) in [7, 11) is 0. The quantitative estimate of drug-likeness (QED) is 0.911. The molecule has 0 unspecified atom stereocenters. The van der Waals surface area contributed by atoms with Crippen LogP contribution >= 0.6 is 0 Å². The second-order valence-corrected chi connectivity index (χ2v) is 6.06. The van der Waals surface area contributed by atoms with Crippen molar-refractivity contribution >= 4 is 23.3 Å². The van der Waals surface area contributed by atoms with Crippen molar-refractivity contribution in [2.75, 3.05) is 36.4 Å². The molecule has 1 N–H and O–H groups in total. The molecule has 1 aromatic heterocycles. The summed E-state index contributed by atoms with van der Waals surface area (Å²) in [6, 6.07) is 11.3. The van der Waals surface area contributed by atoms with E-state index in [0.717, 1.165) is 30.2 Å². The van der Waals surface area contributed by atoms with Gasteiger partial charge in [-0.25, -0.2) is 4.98 Å². The maximum atomic E-state index is 12.7. The van der Waals surface area contributed by atoms with Gasteiger partial charge >= 0.3 is 0 Å². The Morgan fingerprint density at radius 2 is 1.92 bits per heavy atom. The van der Waals surface area contributed by atoms with Gasteiger partial charge in [-0.3, -0.25) is 9.59 Å². The summed E-state index contributed by atoms with van der Waals surface area (Å²) in [6.07, 6.45) is 2.14. The van der Waals surface area contributed by atoms with Gasteiger partial charge in [-0.15, -0.1) is 0 Å². The SMILES string of the molecule is O=C1Cc2cc(C(=O)N3CCN(c4ccccn4)CC3)ccc2N1. The van der Waals surface area contributed by atoms with Gasteiger partial charge in [-0.05, 0) is 35.9 Å². The number of benzene rings is 1. The van der Waals surface area contributed by atoms with Crippen LogP contribution in [0, 0.1) is 0 Å². The number of amides is 2. The monoisotopic (exact) mass is 322 g/mol. The number of rotatable bonds is 2. The van der Waals surface area contributed by atoms with Crippen molar-refractivity contribution in [1.29, 1.82) is 0 Å². The van der Waals surface area contributed by atoms with E-state index < -0.39 is 0 Å². The number of piperazine rings is 1. The molecule has 6 nitrogen and oxygen atoms in total. The molecular formula is C18H18N4O2. The van der Waals surface area contributed by atoms with Crippen molar-refractivity contribution in [3.63, 3.8) is 0 Å². The second-order valence-electron chi connectivity index (χ2n) is 6.06. The zero-order chi connectivity index (χ0) is 16.5. The van der Waals surface area contributed by atoms with E-state index in [1.165, 1.54) is 0 Å². The molecule has 2 aliphatic rings. The summed E-state index contributed by atoms with van der Waals surface area (Å²) in [6.45, 7) is 2.88. The van der Waals surface area contributed by atoms with E-state index in [0.29, 0.717) is 25.1 Å². The zero-order valence-corrected chi connectivity index (χ0v) is 13.2. The Bertz CT molecular complexity index is 783. The van der Waals surface area contributed by atoms with E-state index >= 15 is 0 Å². The van der Waals surface area contributed by atoms with Gasteiger partial charge in [0, 0.05) is 43.6 Å². The highest BCUT2D eigenvalue weighted by molar-refractivity contribution is 6.01. The summed E-state index contributed by atoms with van der Waals surface area (Å²) < 4.78 is 0. The van der Waals surface area contributed by atoms with Crippen LogP contribution < -0.4 is 10.2 Å². The number of nitrogens with zero attached hydrogens (tertiary/aromatic N) is 3. The van der Waals surface area contributed by atoms with Crippen LogP contribution in [-0.2, 0) is 11.2 Å². The molecule has 0 radical (unpaired) electrons. The summed E-state index contributed by atoms with van der Waals surface area (Å²) in [4.78, 5) is 32.6. The van der Waals surface area contributed by atoms with Gasteiger partial charge in [0.15, 0.2) is 0 Å². The van der Waals surface area contributed by atoms with Gasteiger partial charge in [-0.2, -0.15) is 0 Å². The number of pyridine rings is 1. The average molecular weight is 322 g/mol. The highest BCUT2D eigenvalue weighted by atomic mass is 16.2. The molecule has 24 heavy (non-hydrogen) atoms. The van der Waals surface area contributed by atoms with Crippen LogP contribution in [0.3, 0.4) is 0 Å². The zero-order valence-electron chi connectivity index (χ0n) is 13.2. The first-order valence-electron chi connectivity index (χ1n) is 8.09. The number of fused-ring (bicyclic) bond motifs is 1. The van der Waals surface area contributed by atoms with E-state index in [9.17, 15) is 9.59 Å². The number of hydrogen-bond donors (Lipinski definition) is 1. The fraction of sp³-hybridized carbons (Fsp3) is 0.278. The third-order valence-electron chi connectivity index (χ3n) is 4.52. The standard InChI is InChI=1S/C18H18N4O2/c23-17-12-14-11-13(4-5-15(14)20-17)18(24)22-9-7-21(8-10-22)16-3-1-2-6-19-16/h1-6,11H,7-10,12H2,(H,20,23). The maximum Gasteiger partial charge on any atom is 0.253 e. The lowest BCUT2D eigenvalue weighted by atomic mass is 10.1. The lowest BCUT2D eigenvalue weighted by Crippen LogP contribution is -2.49. The van der Waals surface area contributed by atoms with Crippen LogP contribution in [0.4, 0.5) is 11.5 Å². The average Bonchev–Trinajstić information content (AvgIpc) is 3.01. The molecule has 4 rings (SSSR count). The lowest BCUT2D eigenvalue weighted by Gasteiger charge is -2.35. The van der Waals surface area contributed by atoms with Crippen molar-refractivity contribution in [3.8, 4) is 0 Å². The highest BCUT2D eigenvalue weighted by Crippen LogP contribution is 2.24. The molecule has 0 saturated carbocycles. The van der Waals surface area contributed by atoms with E-state index in [2.05, 4.69) is 15.2 Å². The van der Waals surface area contributed by atoms with E-state index in [1.807, 2.05) is 35.2 Å². The Kier molecular flexibility index (Phi) is 3.65. The van der Waals surface area contributed by atoms with E-state index in [-0.39, 0.29) is 11.8 Å². The molecule has 0 spiro atoms. The van der Waals surface area contributed by atoms with Crippen LogP contribution in [-0.4, -0.2) is 47.9 Å². The van der Waals surface area contributed by atoms with Gasteiger partial charge in [0.1, 0.15) is 5.82 Å². The molecule has 1 aromatic carbocycles. The molecule has 2 aromatic rings. The van der Waals surface area contributed by atoms with Crippen molar-refractivity contribution in [1.82, 2.24) is 9.88 Å².